The molecule has 0 saturated carbocycles. The van der Waals surface area contributed by atoms with Crippen LogP contribution < -0.4 is 0 Å². The SMILES string of the molecule is COC(=O)c1cc(C#CCC[C@H](C)c2cccc3ccccc23)ccc1O. The Morgan fingerprint density at radius 1 is 1.11 bits per heavy atom. The van der Waals surface area contributed by atoms with Gasteiger partial charge in [-0.3, -0.25) is 0 Å². The van der Waals surface area contributed by atoms with E-state index in [4.69, 9.17) is 0 Å². The van der Waals surface area contributed by atoms with Gasteiger partial charge < -0.3 is 9.84 Å². The molecule has 0 spiro atoms. The molecule has 0 radical (unpaired) electrons. The summed E-state index contributed by atoms with van der Waals surface area (Å²) in [7, 11) is 1.29. The molecule has 3 aromatic carbocycles. The number of hydrogen-bond donors (Lipinski definition) is 1. The largest absolute Gasteiger partial charge is 0.507 e. The Kier molecular flexibility index (Phi) is 5.78. The first-order valence-corrected chi connectivity index (χ1v) is 8.98. The van der Waals surface area contributed by atoms with Crippen molar-refractivity contribution in [2.45, 2.75) is 25.7 Å². The Hall–Kier alpha value is -3.25. The lowest BCUT2D eigenvalue weighted by atomic mass is 9.91. The number of fused-ring (bicyclic) bond motifs is 1. The molecule has 0 fully saturated rings. The van der Waals surface area contributed by atoms with Gasteiger partial charge in [0.05, 0.1) is 7.11 Å². The smallest absolute Gasteiger partial charge is 0.341 e. The van der Waals surface area contributed by atoms with Crippen LogP contribution in [0.1, 0.15) is 47.2 Å². The van der Waals surface area contributed by atoms with Gasteiger partial charge in [-0.25, -0.2) is 4.79 Å². The zero-order chi connectivity index (χ0) is 19.2. The van der Waals surface area contributed by atoms with Crippen LogP contribution in [-0.2, 0) is 4.74 Å². The summed E-state index contributed by atoms with van der Waals surface area (Å²) in [5.74, 6) is 5.97. The predicted octanol–water partition coefficient (Wildman–Crippen LogP) is 5.27. The van der Waals surface area contributed by atoms with Crippen molar-refractivity contribution in [2.24, 2.45) is 0 Å². The third-order valence-electron chi connectivity index (χ3n) is 4.69. The Labute approximate surface area is 159 Å². The molecule has 1 N–H and O–H groups in total. The summed E-state index contributed by atoms with van der Waals surface area (Å²) in [6.07, 6.45) is 1.70. The maximum atomic E-state index is 11.6. The van der Waals surface area contributed by atoms with E-state index >= 15 is 0 Å². The van der Waals surface area contributed by atoms with E-state index < -0.39 is 5.97 Å². The summed E-state index contributed by atoms with van der Waals surface area (Å²) in [5, 5.41) is 12.3. The first kappa shape index (κ1) is 18.5. The number of carbonyl (C=O) groups excluding carboxylic acids is 1. The van der Waals surface area contributed by atoms with Gasteiger partial charge in [0, 0.05) is 12.0 Å². The first-order valence-electron chi connectivity index (χ1n) is 8.98. The van der Waals surface area contributed by atoms with Gasteiger partial charge in [-0.15, -0.1) is 0 Å². The van der Waals surface area contributed by atoms with Crippen molar-refractivity contribution in [3.05, 3.63) is 77.4 Å². The third kappa shape index (κ3) is 4.30. The van der Waals surface area contributed by atoms with E-state index in [0.29, 0.717) is 11.5 Å². The number of methoxy groups -OCH3 is 1. The molecule has 0 amide bonds. The standard InChI is InChI=1S/C24H22O3/c1-17(20-13-7-11-19-10-5-6-12-21(19)20)8-3-4-9-18-14-15-23(25)22(16-18)24(26)27-2/h5-7,10-17,25H,3,8H2,1-2H3/t17-/m0/s1. The van der Waals surface area contributed by atoms with Crippen molar-refractivity contribution >= 4 is 16.7 Å². The van der Waals surface area contributed by atoms with Crippen molar-refractivity contribution in [2.75, 3.05) is 7.11 Å². The number of ether oxygens (including phenoxy) is 1. The van der Waals surface area contributed by atoms with Crippen LogP contribution in [0.2, 0.25) is 0 Å². The molecule has 0 heterocycles. The zero-order valence-corrected chi connectivity index (χ0v) is 15.5. The Balaban J connectivity index is 1.69. The van der Waals surface area contributed by atoms with Gasteiger partial charge in [0.2, 0.25) is 0 Å². The molecule has 27 heavy (non-hydrogen) atoms. The molecule has 3 heteroatoms. The van der Waals surface area contributed by atoms with Crippen LogP contribution in [0.25, 0.3) is 10.8 Å². The lowest BCUT2D eigenvalue weighted by Gasteiger charge is -2.13. The van der Waals surface area contributed by atoms with Crippen LogP contribution in [0, 0.1) is 11.8 Å². The molecule has 1 atom stereocenters. The topological polar surface area (TPSA) is 46.5 Å². The number of hydrogen-bond acceptors (Lipinski definition) is 3. The fourth-order valence-electron chi connectivity index (χ4n) is 3.18. The molecule has 136 valence electrons. The summed E-state index contributed by atoms with van der Waals surface area (Å²) in [4.78, 5) is 11.6. The van der Waals surface area contributed by atoms with Crippen molar-refractivity contribution in [1.82, 2.24) is 0 Å². The lowest BCUT2D eigenvalue weighted by Crippen LogP contribution is -2.01. The number of aromatic hydroxyl groups is 1. The fraction of sp³-hybridized carbons (Fsp3) is 0.208. The van der Waals surface area contributed by atoms with Gasteiger partial charge in [0.15, 0.2) is 0 Å². The molecule has 3 aromatic rings. The average molecular weight is 358 g/mol. The lowest BCUT2D eigenvalue weighted by molar-refractivity contribution is 0.0597. The second-order valence-corrected chi connectivity index (χ2v) is 6.53. The first-order chi connectivity index (χ1) is 13.1. The van der Waals surface area contributed by atoms with Gasteiger partial charge >= 0.3 is 5.97 Å². The number of carbonyl (C=O) groups is 1. The molecule has 0 unspecified atom stereocenters. The monoisotopic (exact) mass is 358 g/mol. The van der Waals surface area contributed by atoms with Crippen LogP contribution in [0.5, 0.6) is 5.75 Å². The van der Waals surface area contributed by atoms with E-state index in [1.54, 1.807) is 12.1 Å². The van der Waals surface area contributed by atoms with Crippen molar-refractivity contribution in [3.63, 3.8) is 0 Å². The molecule has 3 rings (SSSR count). The Morgan fingerprint density at radius 2 is 1.89 bits per heavy atom. The molecule has 0 aliphatic rings. The number of rotatable bonds is 4. The van der Waals surface area contributed by atoms with Crippen LogP contribution >= 0.6 is 0 Å². The van der Waals surface area contributed by atoms with Gasteiger partial charge in [-0.1, -0.05) is 61.2 Å². The van der Waals surface area contributed by atoms with Crippen LogP contribution in [0.15, 0.2) is 60.7 Å². The van der Waals surface area contributed by atoms with Crippen molar-refractivity contribution < 1.29 is 14.6 Å². The van der Waals surface area contributed by atoms with Gasteiger partial charge in [-0.05, 0) is 46.9 Å². The highest BCUT2D eigenvalue weighted by Crippen LogP contribution is 2.28. The minimum atomic E-state index is -0.569. The van der Waals surface area contributed by atoms with Gasteiger partial charge in [0.25, 0.3) is 0 Å². The molecule has 0 aliphatic carbocycles. The number of esters is 1. The van der Waals surface area contributed by atoms with Crippen molar-refractivity contribution in [3.8, 4) is 17.6 Å². The molecule has 3 nitrogen and oxygen atoms in total. The van der Waals surface area contributed by atoms with Gasteiger partial charge in [-0.2, -0.15) is 0 Å². The maximum absolute atomic E-state index is 11.6. The van der Waals surface area contributed by atoms with Crippen LogP contribution in [0.3, 0.4) is 0 Å². The summed E-state index contributed by atoms with van der Waals surface area (Å²) in [6.45, 7) is 2.22. The molecule has 0 aliphatic heterocycles. The summed E-state index contributed by atoms with van der Waals surface area (Å²) < 4.78 is 4.67. The minimum absolute atomic E-state index is 0.100. The van der Waals surface area contributed by atoms with E-state index in [1.165, 1.54) is 29.5 Å². The highest BCUT2D eigenvalue weighted by molar-refractivity contribution is 5.92. The second kappa shape index (κ2) is 8.42. The third-order valence-corrected chi connectivity index (χ3v) is 4.69. The minimum Gasteiger partial charge on any atom is -0.507 e. The Bertz CT molecular complexity index is 1020. The second-order valence-electron chi connectivity index (χ2n) is 6.53. The van der Waals surface area contributed by atoms with Crippen LogP contribution in [-0.4, -0.2) is 18.2 Å². The Morgan fingerprint density at radius 3 is 2.70 bits per heavy atom. The highest BCUT2D eigenvalue weighted by atomic mass is 16.5. The predicted molar refractivity (Wildman–Crippen MR) is 108 cm³/mol. The van der Waals surface area contributed by atoms with E-state index in [0.717, 1.165) is 12.8 Å². The highest BCUT2D eigenvalue weighted by Gasteiger charge is 2.11. The summed E-state index contributed by atoms with van der Waals surface area (Å²) >= 11 is 0. The van der Waals surface area contributed by atoms with Crippen molar-refractivity contribution in [1.29, 1.82) is 0 Å². The average Bonchev–Trinajstić information content (AvgIpc) is 2.71. The van der Waals surface area contributed by atoms with Gasteiger partial charge in [0.1, 0.15) is 11.3 Å². The fourth-order valence-corrected chi connectivity index (χ4v) is 3.18. The molecular formula is C24H22O3. The molecule has 0 saturated heterocycles. The maximum Gasteiger partial charge on any atom is 0.341 e. The summed E-state index contributed by atoms with van der Waals surface area (Å²) in [5.41, 5.74) is 2.16. The molecule has 0 aromatic heterocycles. The number of benzene rings is 3. The van der Waals surface area contributed by atoms with E-state index in [1.807, 2.05) is 0 Å². The van der Waals surface area contributed by atoms with E-state index in [2.05, 4.69) is 66.0 Å². The van der Waals surface area contributed by atoms with E-state index in [9.17, 15) is 9.90 Å². The zero-order valence-electron chi connectivity index (χ0n) is 15.5. The molecule has 0 bridgehead atoms. The van der Waals surface area contributed by atoms with E-state index in [-0.39, 0.29) is 11.3 Å². The quantitative estimate of drug-likeness (QED) is 0.511. The van der Waals surface area contributed by atoms with Crippen LogP contribution in [0.4, 0.5) is 0 Å². The normalized spacial score (nSPS) is 11.5. The number of phenolic OH excluding ortho intramolecular Hbond substituents is 1. The molecular weight excluding hydrogens is 336 g/mol. The number of phenols is 1. The summed E-state index contributed by atoms with van der Waals surface area (Å²) in [6, 6.07) is 19.6.